The predicted molar refractivity (Wildman–Crippen MR) is 138 cm³/mol. The molecular formula is C28H27F6N2OP. The number of hydrogen-bond donors (Lipinski definition) is 2. The Bertz CT molecular complexity index is 1160. The smallest absolute Gasteiger partial charge is 0.335 e. The van der Waals surface area contributed by atoms with E-state index in [0.717, 1.165) is 19.3 Å². The molecular weight excluding hydrogens is 525 g/mol. The molecule has 0 saturated heterocycles. The molecule has 3 nitrogen and oxygen atoms in total. The van der Waals surface area contributed by atoms with Gasteiger partial charge >= 0.3 is 18.4 Å². The van der Waals surface area contributed by atoms with Crippen LogP contribution in [0.25, 0.3) is 0 Å². The molecule has 0 spiro atoms. The van der Waals surface area contributed by atoms with Gasteiger partial charge in [-0.05, 0) is 68.1 Å². The van der Waals surface area contributed by atoms with E-state index in [1.54, 1.807) is 0 Å². The second-order valence-corrected chi connectivity index (χ2v) is 11.8. The van der Waals surface area contributed by atoms with Gasteiger partial charge in [-0.1, -0.05) is 67.1 Å². The van der Waals surface area contributed by atoms with Crippen LogP contribution in [0.4, 0.5) is 36.8 Å². The topological polar surface area (TPSA) is 41.1 Å². The highest BCUT2D eigenvalue weighted by molar-refractivity contribution is 7.73. The molecule has 1 aliphatic carbocycles. The summed E-state index contributed by atoms with van der Waals surface area (Å²) in [5, 5.41) is 7.38. The first kappa shape index (κ1) is 28.0. The highest BCUT2D eigenvalue weighted by Gasteiger charge is 2.39. The molecule has 0 aliphatic heterocycles. The molecule has 10 heteroatoms. The van der Waals surface area contributed by atoms with Crippen molar-refractivity contribution in [3.05, 3.63) is 90.0 Å². The van der Waals surface area contributed by atoms with Crippen molar-refractivity contribution in [3.63, 3.8) is 0 Å². The molecule has 0 aromatic heterocycles. The molecule has 1 saturated carbocycles. The van der Waals surface area contributed by atoms with Crippen molar-refractivity contribution >= 4 is 30.2 Å². The van der Waals surface area contributed by atoms with Gasteiger partial charge in [0.2, 0.25) is 0 Å². The third-order valence-electron chi connectivity index (χ3n) is 6.78. The van der Waals surface area contributed by atoms with E-state index in [0.29, 0.717) is 12.1 Å². The van der Waals surface area contributed by atoms with Crippen molar-refractivity contribution in [2.45, 2.75) is 50.2 Å². The number of nitrogens with one attached hydrogen (secondary N) is 2. The fourth-order valence-electron chi connectivity index (χ4n) is 5.09. The van der Waals surface area contributed by atoms with E-state index >= 15 is 0 Å². The van der Waals surface area contributed by atoms with Gasteiger partial charge in [-0.15, -0.1) is 0 Å². The van der Waals surface area contributed by atoms with E-state index in [-0.39, 0.29) is 23.7 Å². The number of urea groups is 1. The lowest BCUT2D eigenvalue weighted by Crippen LogP contribution is -2.43. The largest absolute Gasteiger partial charge is 0.416 e. The monoisotopic (exact) mass is 552 g/mol. The maximum Gasteiger partial charge on any atom is 0.416 e. The van der Waals surface area contributed by atoms with Gasteiger partial charge in [0, 0.05) is 11.7 Å². The predicted octanol–water partition coefficient (Wildman–Crippen LogP) is 7.54. The number of rotatable bonds is 6. The van der Waals surface area contributed by atoms with Crippen molar-refractivity contribution in [1.29, 1.82) is 0 Å². The number of carbonyl (C=O) groups is 1. The second kappa shape index (κ2) is 11.4. The summed E-state index contributed by atoms with van der Waals surface area (Å²) in [5.41, 5.74) is -3.29. The number of amides is 2. The number of halogens is 6. The zero-order valence-corrected chi connectivity index (χ0v) is 21.4. The Balaban J connectivity index is 1.53. The summed E-state index contributed by atoms with van der Waals surface area (Å²) < 4.78 is 79.2. The lowest BCUT2D eigenvalue weighted by atomic mass is 9.99. The van der Waals surface area contributed by atoms with Crippen molar-refractivity contribution < 1.29 is 31.1 Å². The fourth-order valence-corrected chi connectivity index (χ4v) is 8.37. The van der Waals surface area contributed by atoms with Gasteiger partial charge in [0.05, 0.1) is 11.1 Å². The minimum Gasteiger partial charge on any atom is -0.335 e. The average Bonchev–Trinajstić information content (AvgIpc) is 3.34. The zero-order chi connectivity index (χ0) is 27.5. The van der Waals surface area contributed by atoms with Crippen LogP contribution in [-0.2, 0) is 12.4 Å². The number of anilines is 1. The van der Waals surface area contributed by atoms with E-state index in [9.17, 15) is 31.1 Å². The molecule has 202 valence electrons. The minimum atomic E-state index is -5.00. The van der Waals surface area contributed by atoms with Gasteiger partial charge in [-0.3, -0.25) is 0 Å². The fraction of sp³-hybridized carbons (Fsp3) is 0.321. The quantitative estimate of drug-likeness (QED) is 0.241. The molecule has 38 heavy (non-hydrogen) atoms. The van der Waals surface area contributed by atoms with Gasteiger partial charge in [-0.2, -0.15) is 26.3 Å². The van der Waals surface area contributed by atoms with Crippen molar-refractivity contribution in [2.75, 3.05) is 5.32 Å². The molecule has 3 aromatic carbocycles. The lowest BCUT2D eigenvalue weighted by Gasteiger charge is -2.33. The zero-order valence-electron chi connectivity index (χ0n) is 20.5. The third-order valence-corrected chi connectivity index (χ3v) is 9.79. The summed E-state index contributed by atoms with van der Waals surface area (Å²) in [6.07, 6.45) is -7.22. The molecule has 1 aliphatic rings. The third kappa shape index (κ3) is 6.68. The lowest BCUT2D eigenvalue weighted by molar-refractivity contribution is -0.143. The first-order chi connectivity index (χ1) is 17.9. The van der Waals surface area contributed by atoms with Gasteiger partial charge in [0.15, 0.2) is 0 Å². The van der Waals surface area contributed by atoms with Gasteiger partial charge in [0.25, 0.3) is 0 Å². The van der Waals surface area contributed by atoms with Crippen LogP contribution in [0.3, 0.4) is 0 Å². The summed E-state index contributed by atoms with van der Waals surface area (Å²) in [7, 11) is -0.753. The van der Waals surface area contributed by atoms with Crippen LogP contribution in [0.1, 0.15) is 37.3 Å². The van der Waals surface area contributed by atoms with Gasteiger partial charge in [0.1, 0.15) is 0 Å². The van der Waals surface area contributed by atoms with Crippen LogP contribution in [0.2, 0.25) is 0 Å². The standard InChI is InChI=1S/C28H27F6N2OP/c1-18(35-26(37)36-21-16-19(27(29,30)31)15-20(17-21)28(32,33)34)24-13-8-14-25(24)38(22-9-4-2-5-10-22)23-11-6-3-7-12-23/h2-7,9-12,15-18,24-25H,8,13-14H2,1H3,(H2,35,36,37)/t18-,24?,25?/m1/s1. The normalized spacial score (nSPS) is 18.8. The van der Waals surface area contributed by atoms with Crippen LogP contribution in [0.5, 0.6) is 0 Å². The van der Waals surface area contributed by atoms with Crippen molar-refractivity contribution in [3.8, 4) is 0 Å². The molecule has 0 radical (unpaired) electrons. The van der Waals surface area contributed by atoms with Gasteiger partial charge < -0.3 is 10.6 Å². The molecule has 2 amide bonds. The number of benzene rings is 3. The van der Waals surface area contributed by atoms with E-state index in [4.69, 9.17) is 0 Å². The van der Waals surface area contributed by atoms with Crippen LogP contribution >= 0.6 is 7.92 Å². The Morgan fingerprint density at radius 2 is 1.32 bits per heavy atom. The van der Waals surface area contributed by atoms with E-state index in [2.05, 4.69) is 34.9 Å². The molecule has 3 aromatic rings. The molecule has 1 fully saturated rings. The Hall–Kier alpha value is -3.06. The molecule has 2 N–H and O–H groups in total. The maximum atomic E-state index is 13.2. The Labute approximate surface area is 218 Å². The Morgan fingerprint density at radius 3 is 1.79 bits per heavy atom. The highest BCUT2D eigenvalue weighted by atomic mass is 31.1. The van der Waals surface area contributed by atoms with Crippen LogP contribution in [0.15, 0.2) is 78.9 Å². The first-order valence-electron chi connectivity index (χ1n) is 12.2. The Kier molecular flexibility index (Phi) is 8.36. The van der Waals surface area contributed by atoms with Gasteiger partial charge in [-0.25, -0.2) is 4.79 Å². The molecule has 0 heterocycles. The van der Waals surface area contributed by atoms with Crippen LogP contribution < -0.4 is 21.2 Å². The Morgan fingerprint density at radius 1 is 0.816 bits per heavy atom. The molecule has 2 unspecified atom stereocenters. The number of hydrogen-bond acceptors (Lipinski definition) is 1. The first-order valence-corrected chi connectivity index (χ1v) is 13.6. The highest BCUT2D eigenvalue weighted by Crippen LogP contribution is 2.51. The van der Waals surface area contributed by atoms with E-state index < -0.39 is 43.1 Å². The summed E-state index contributed by atoms with van der Waals surface area (Å²) in [5.74, 6) is 0.0829. The maximum absolute atomic E-state index is 13.2. The second-order valence-electron chi connectivity index (χ2n) is 9.38. The van der Waals surface area contributed by atoms with E-state index in [1.807, 2.05) is 43.3 Å². The van der Waals surface area contributed by atoms with Crippen LogP contribution in [-0.4, -0.2) is 17.7 Å². The average molecular weight is 552 g/mol. The van der Waals surface area contributed by atoms with Crippen LogP contribution in [0, 0.1) is 5.92 Å². The summed E-state index contributed by atoms with van der Waals surface area (Å²) >= 11 is 0. The summed E-state index contributed by atoms with van der Waals surface area (Å²) in [6.45, 7) is 1.83. The SMILES string of the molecule is C[C@@H](NC(=O)Nc1cc(C(F)(F)F)cc(C(F)(F)F)c1)C1CCCC1P(c1ccccc1)c1ccccc1. The van der Waals surface area contributed by atoms with Crippen molar-refractivity contribution in [2.24, 2.45) is 5.92 Å². The molecule has 4 rings (SSSR count). The summed E-state index contributed by atoms with van der Waals surface area (Å²) in [6, 6.07) is 20.1. The number of carbonyl (C=O) groups excluding carboxylic acids is 1. The van der Waals surface area contributed by atoms with Crippen molar-refractivity contribution in [1.82, 2.24) is 5.32 Å². The minimum absolute atomic E-state index is 0.0320. The molecule has 0 bridgehead atoms. The molecule has 3 atom stereocenters. The number of alkyl halides is 6. The van der Waals surface area contributed by atoms with E-state index in [1.165, 1.54) is 10.6 Å². The summed E-state index contributed by atoms with van der Waals surface area (Å²) in [4.78, 5) is 12.7.